The van der Waals surface area contributed by atoms with Crippen LogP contribution in [-0.4, -0.2) is 13.2 Å². The maximum Gasteiger partial charge on any atom is 0.470 e. The van der Waals surface area contributed by atoms with Crippen LogP contribution in [0.15, 0.2) is 10.8 Å². The predicted octanol–water partition coefficient (Wildman–Crippen LogP) is 0.710. The summed E-state index contributed by atoms with van der Waals surface area (Å²) >= 11 is 0. The second-order valence-electron chi connectivity index (χ2n) is 2.02. The van der Waals surface area contributed by atoms with Gasteiger partial charge in [-0.25, -0.2) is 0 Å². The third-order valence-electron chi connectivity index (χ3n) is 1.21. The fraction of sp³-hybridized carbons (Fsp3) is 0.571. The monoisotopic (exact) mass is 173 g/mol. The van der Waals surface area contributed by atoms with Crippen molar-refractivity contribution in [3.8, 4) is 11.6 Å². The van der Waals surface area contributed by atoms with E-state index in [-0.39, 0.29) is 10.8 Å². The molecule has 1 aromatic rings. The molecule has 68 valence electrons. The van der Waals surface area contributed by atoms with Crippen LogP contribution < -0.4 is 14.4 Å². The van der Waals surface area contributed by atoms with Crippen molar-refractivity contribution in [1.29, 1.82) is 0 Å². The first kappa shape index (κ1) is 8.70. The molecule has 0 fully saturated rings. The van der Waals surface area contributed by atoms with Gasteiger partial charge in [-0.15, -0.1) is 0 Å². The summed E-state index contributed by atoms with van der Waals surface area (Å²) in [6.07, 6.45) is 1.22. The first-order valence-corrected chi connectivity index (χ1v) is 3.76. The minimum Gasteiger partial charge on any atom is -0.484 e. The van der Waals surface area contributed by atoms with E-state index in [1.807, 2.05) is 6.92 Å². The molecule has 0 bridgehead atoms. The molecule has 5 heteroatoms. The number of rotatable bonds is 4. The van der Waals surface area contributed by atoms with E-state index in [1.54, 1.807) is 6.92 Å². The van der Waals surface area contributed by atoms with Crippen molar-refractivity contribution in [2.75, 3.05) is 13.2 Å². The maximum atomic E-state index is 10.8. The molecule has 0 saturated carbocycles. The van der Waals surface area contributed by atoms with Gasteiger partial charge in [0.25, 0.3) is 5.75 Å². The van der Waals surface area contributed by atoms with Crippen LogP contribution in [0.1, 0.15) is 13.8 Å². The van der Waals surface area contributed by atoms with Crippen molar-refractivity contribution < 1.29 is 18.9 Å². The summed E-state index contributed by atoms with van der Waals surface area (Å²) in [7, 11) is 0. The number of hydrogen-bond acceptors (Lipinski definition) is 4. The molecule has 0 aliphatic carbocycles. The summed E-state index contributed by atoms with van der Waals surface area (Å²) in [4.78, 5) is 0.286. The van der Waals surface area contributed by atoms with Gasteiger partial charge in [0.1, 0.15) is 0 Å². The van der Waals surface area contributed by atoms with Crippen molar-refractivity contribution in [2.24, 2.45) is 0 Å². The summed E-state index contributed by atoms with van der Waals surface area (Å²) in [5.41, 5.74) is 0. The lowest BCUT2D eigenvalue weighted by Gasteiger charge is -1.98. The molecule has 0 aromatic carbocycles. The van der Waals surface area contributed by atoms with Gasteiger partial charge in [-0.05, 0) is 13.8 Å². The molecule has 1 heterocycles. The average molecular weight is 173 g/mol. The Morgan fingerprint density at radius 1 is 1.42 bits per heavy atom. The molecule has 0 aliphatic heterocycles. The molecule has 5 nitrogen and oxygen atoms in total. The summed E-state index contributed by atoms with van der Waals surface area (Å²) in [5, 5.41) is 10.8. The summed E-state index contributed by atoms with van der Waals surface area (Å²) < 4.78 is 14.6. The molecule has 0 saturated heterocycles. The fourth-order valence-electron chi connectivity index (χ4n) is 0.796. The van der Waals surface area contributed by atoms with E-state index in [0.717, 1.165) is 0 Å². The molecule has 0 unspecified atom stereocenters. The molecule has 12 heavy (non-hydrogen) atoms. The molecule has 0 atom stereocenters. The van der Waals surface area contributed by atoms with Gasteiger partial charge < -0.3 is 14.0 Å². The van der Waals surface area contributed by atoms with Crippen LogP contribution in [0.25, 0.3) is 0 Å². The van der Waals surface area contributed by atoms with E-state index in [9.17, 15) is 5.21 Å². The Hall–Kier alpha value is -1.39. The van der Waals surface area contributed by atoms with E-state index in [1.165, 1.54) is 6.26 Å². The van der Waals surface area contributed by atoms with E-state index >= 15 is 0 Å². The lowest BCUT2D eigenvalue weighted by atomic mass is 10.6. The third-order valence-corrected chi connectivity index (χ3v) is 1.21. The summed E-state index contributed by atoms with van der Waals surface area (Å²) in [6, 6.07) is 0. The van der Waals surface area contributed by atoms with Crippen molar-refractivity contribution in [2.45, 2.75) is 13.8 Å². The molecule has 0 radical (unpaired) electrons. The van der Waals surface area contributed by atoms with Crippen molar-refractivity contribution in [3.05, 3.63) is 11.5 Å². The van der Waals surface area contributed by atoms with Crippen LogP contribution >= 0.6 is 0 Å². The average Bonchev–Trinajstić information content (AvgIpc) is 2.37. The van der Waals surface area contributed by atoms with Gasteiger partial charge in [-0.3, -0.25) is 5.21 Å². The van der Waals surface area contributed by atoms with Crippen LogP contribution in [-0.2, 0) is 0 Å². The van der Waals surface area contributed by atoms with Gasteiger partial charge in [0.05, 0.1) is 24.4 Å². The Morgan fingerprint density at radius 2 is 2.08 bits per heavy atom. The normalized spacial score (nSPS) is 9.83. The van der Waals surface area contributed by atoms with Crippen LogP contribution in [0.2, 0.25) is 0 Å². The third kappa shape index (κ3) is 1.61. The fourth-order valence-corrected chi connectivity index (χ4v) is 0.796. The van der Waals surface area contributed by atoms with E-state index in [4.69, 9.17) is 9.47 Å². The van der Waals surface area contributed by atoms with Crippen molar-refractivity contribution in [3.63, 3.8) is 0 Å². The quantitative estimate of drug-likeness (QED) is 0.629. The minimum absolute atomic E-state index is 0.0827. The largest absolute Gasteiger partial charge is 0.484 e. The molecular formula is C7H11NO4. The lowest BCUT2D eigenvalue weighted by Crippen LogP contribution is -2.25. The number of aromatic nitrogens is 1. The highest BCUT2D eigenvalue weighted by molar-refractivity contribution is 5.24. The highest BCUT2D eigenvalue weighted by Gasteiger charge is 2.19. The minimum atomic E-state index is 0.0827. The van der Waals surface area contributed by atoms with Crippen LogP contribution in [0.5, 0.6) is 11.6 Å². The molecular weight excluding hydrogens is 162 g/mol. The molecule has 1 rings (SSSR count). The van der Waals surface area contributed by atoms with Gasteiger partial charge in [-0.2, -0.15) is 0 Å². The van der Waals surface area contributed by atoms with Gasteiger partial charge in [0.15, 0.2) is 0 Å². The molecule has 0 N–H and O–H groups in total. The van der Waals surface area contributed by atoms with E-state index in [0.29, 0.717) is 19.0 Å². The Bertz CT molecular complexity index is 246. The SMILES string of the molecule is CCOc1co[n+]([O-])c1OCC. The molecule has 0 amide bonds. The summed E-state index contributed by atoms with van der Waals surface area (Å²) in [6.45, 7) is 4.47. The maximum absolute atomic E-state index is 10.8. The molecule has 0 spiro atoms. The van der Waals surface area contributed by atoms with E-state index in [2.05, 4.69) is 4.52 Å². The highest BCUT2D eigenvalue weighted by Crippen LogP contribution is 2.22. The standard InChI is InChI=1S/C7H11NO4/c1-3-10-6-5-12-8(9)7(6)11-4-2/h5H,3-4H2,1-2H3. The second kappa shape index (κ2) is 3.85. The zero-order chi connectivity index (χ0) is 8.97. The molecule has 1 aromatic heterocycles. The van der Waals surface area contributed by atoms with Gasteiger partial charge >= 0.3 is 5.88 Å². The summed E-state index contributed by atoms with van der Waals surface area (Å²) in [5.74, 6) is 0.425. The second-order valence-corrected chi connectivity index (χ2v) is 2.02. The number of nitrogens with zero attached hydrogens (tertiary/aromatic N) is 1. The van der Waals surface area contributed by atoms with Gasteiger partial charge in [0, 0.05) is 0 Å². The van der Waals surface area contributed by atoms with Crippen molar-refractivity contribution in [1.82, 2.24) is 0 Å². The van der Waals surface area contributed by atoms with Crippen LogP contribution in [0, 0.1) is 5.21 Å². The Morgan fingerprint density at radius 3 is 2.67 bits per heavy atom. The Balaban J connectivity index is 2.80. The van der Waals surface area contributed by atoms with E-state index < -0.39 is 0 Å². The first-order chi connectivity index (χ1) is 5.79. The Labute approximate surface area is 70.0 Å². The number of ether oxygens (including phenoxy) is 2. The van der Waals surface area contributed by atoms with Crippen LogP contribution in [0.4, 0.5) is 0 Å². The first-order valence-electron chi connectivity index (χ1n) is 3.76. The molecule has 0 aliphatic rings. The predicted molar refractivity (Wildman–Crippen MR) is 40.0 cm³/mol. The highest BCUT2D eigenvalue weighted by atomic mass is 16.8. The number of hydrogen-bond donors (Lipinski definition) is 0. The van der Waals surface area contributed by atoms with Gasteiger partial charge in [-0.1, -0.05) is 0 Å². The Kier molecular flexibility index (Phi) is 2.79. The smallest absolute Gasteiger partial charge is 0.470 e. The van der Waals surface area contributed by atoms with Crippen LogP contribution in [0.3, 0.4) is 0 Å². The zero-order valence-corrected chi connectivity index (χ0v) is 7.07. The topological polar surface area (TPSA) is 58.5 Å². The lowest BCUT2D eigenvalue weighted by molar-refractivity contribution is -0.795. The zero-order valence-electron chi connectivity index (χ0n) is 7.07. The van der Waals surface area contributed by atoms with Crippen molar-refractivity contribution >= 4 is 0 Å². The van der Waals surface area contributed by atoms with Gasteiger partial charge in [0.2, 0.25) is 0 Å².